The molecule has 0 amide bonds. The minimum absolute atomic E-state index is 0.595. The van der Waals surface area contributed by atoms with Gasteiger partial charge in [-0.05, 0) is 114 Å². The fraction of sp³-hybridized carbons (Fsp3) is 1.00. The van der Waals surface area contributed by atoms with E-state index in [0.717, 1.165) is 53.3 Å². The largest absolute Gasteiger partial charge is 0.0625 e. The summed E-state index contributed by atoms with van der Waals surface area (Å²) >= 11 is 0. The van der Waals surface area contributed by atoms with Crippen molar-refractivity contribution in [3.8, 4) is 0 Å². The SMILES string of the molecule is CC1CCC2(C)C3CCC4(C)C(C(C)CCC(C)C(C)C)CCC4C3C(C)CC2(C)C1. The molecule has 4 aliphatic rings. The van der Waals surface area contributed by atoms with Gasteiger partial charge in [0, 0.05) is 0 Å². The van der Waals surface area contributed by atoms with Gasteiger partial charge in [-0.2, -0.15) is 0 Å². The van der Waals surface area contributed by atoms with Gasteiger partial charge >= 0.3 is 0 Å². The van der Waals surface area contributed by atoms with Crippen LogP contribution in [0.5, 0.6) is 0 Å². The van der Waals surface area contributed by atoms with Crippen molar-refractivity contribution < 1.29 is 0 Å². The van der Waals surface area contributed by atoms with E-state index >= 15 is 0 Å². The normalized spacial score (nSPS) is 51.7. The second kappa shape index (κ2) is 8.34. The van der Waals surface area contributed by atoms with Crippen molar-refractivity contribution in [3.05, 3.63) is 0 Å². The highest BCUT2D eigenvalue weighted by Gasteiger charge is 2.64. The summed E-state index contributed by atoms with van der Waals surface area (Å²) in [5, 5.41) is 0. The standard InChI is InChI=1S/C31H56/c1-20(2)22(4)10-11-23(5)25-12-13-26-28-24(6)19-29(7)18-21(3)14-17-31(29,9)27(28)15-16-30(25,26)8/h20-28H,10-19H2,1-9H3. The van der Waals surface area contributed by atoms with Gasteiger partial charge in [0.1, 0.15) is 0 Å². The number of fused-ring (bicyclic) bond motifs is 5. The van der Waals surface area contributed by atoms with Crippen LogP contribution in [-0.4, -0.2) is 0 Å². The van der Waals surface area contributed by atoms with Crippen molar-refractivity contribution in [2.24, 2.45) is 69.5 Å². The van der Waals surface area contributed by atoms with E-state index in [9.17, 15) is 0 Å². The molecule has 0 aromatic carbocycles. The number of hydrogen-bond donors (Lipinski definition) is 0. The average Bonchev–Trinajstić information content (AvgIpc) is 3.04. The van der Waals surface area contributed by atoms with Crippen molar-refractivity contribution in [2.45, 2.75) is 127 Å². The first-order valence-corrected chi connectivity index (χ1v) is 14.4. The van der Waals surface area contributed by atoms with Crippen LogP contribution in [0.1, 0.15) is 127 Å². The fourth-order valence-electron chi connectivity index (χ4n) is 10.5. The molecule has 0 saturated heterocycles. The molecule has 0 spiro atoms. The molecule has 0 heterocycles. The first-order valence-electron chi connectivity index (χ1n) is 14.4. The summed E-state index contributed by atoms with van der Waals surface area (Å²) in [4.78, 5) is 0. The first-order chi connectivity index (χ1) is 14.4. The fourth-order valence-corrected chi connectivity index (χ4v) is 10.5. The summed E-state index contributed by atoms with van der Waals surface area (Å²) in [7, 11) is 0. The maximum atomic E-state index is 2.76. The van der Waals surface area contributed by atoms with Crippen LogP contribution >= 0.6 is 0 Å². The van der Waals surface area contributed by atoms with Gasteiger partial charge in [-0.15, -0.1) is 0 Å². The molecule has 11 unspecified atom stereocenters. The molecule has 0 N–H and O–H groups in total. The highest BCUT2D eigenvalue weighted by molar-refractivity contribution is 5.13. The van der Waals surface area contributed by atoms with Crippen molar-refractivity contribution >= 4 is 0 Å². The van der Waals surface area contributed by atoms with Gasteiger partial charge in [0.15, 0.2) is 0 Å². The minimum atomic E-state index is 0.595. The molecule has 0 aromatic rings. The second-order valence-corrected chi connectivity index (χ2v) is 14.8. The maximum Gasteiger partial charge on any atom is -0.0240 e. The Hall–Kier alpha value is 0. The van der Waals surface area contributed by atoms with Crippen LogP contribution in [-0.2, 0) is 0 Å². The Bertz CT molecular complexity index is 634. The number of rotatable bonds is 5. The molecule has 0 radical (unpaired) electrons. The molecule has 0 heteroatoms. The summed E-state index contributed by atoms with van der Waals surface area (Å²) < 4.78 is 0. The van der Waals surface area contributed by atoms with Crippen molar-refractivity contribution in [1.82, 2.24) is 0 Å². The van der Waals surface area contributed by atoms with Crippen molar-refractivity contribution in [3.63, 3.8) is 0 Å². The second-order valence-electron chi connectivity index (χ2n) is 14.8. The minimum Gasteiger partial charge on any atom is -0.0625 e. The van der Waals surface area contributed by atoms with Crippen LogP contribution in [0.2, 0.25) is 0 Å². The van der Waals surface area contributed by atoms with E-state index in [0.29, 0.717) is 16.2 Å². The summed E-state index contributed by atoms with van der Waals surface area (Å²) in [5.41, 5.74) is 1.83. The van der Waals surface area contributed by atoms with Gasteiger partial charge in [-0.3, -0.25) is 0 Å². The Morgan fingerprint density at radius 3 is 2.16 bits per heavy atom. The topological polar surface area (TPSA) is 0 Å². The zero-order chi connectivity index (χ0) is 22.8. The molecule has 4 aliphatic carbocycles. The van der Waals surface area contributed by atoms with E-state index in [1.54, 1.807) is 6.42 Å². The van der Waals surface area contributed by atoms with Crippen LogP contribution in [0.25, 0.3) is 0 Å². The molecular formula is C31H56. The van der Waals surface area contributed by atoms with E-state index in [1.165, 1.54) is 57.8 Å². The summed E-state index contributed by atoms with van der Waals surface area (Å²) in [6.45, 7) is 23.4. The van der Waals surface area contributed by atoms with Gasteiger partial charge in [-0.25, -0.2) is 0 Å². The Morgan fingerprint density at radius 1 is 0.774 bits per heavy atom. The lowest BCUT2D eigenvalue weighted by Gasteiger charge is -2.67. The van der Waals surface area contributed by atoms with E-state index in [2.05, 4.69) is 62.3 Å². The molecule has 4 rings (SSSR count). The average molecular weight is 429 g/mol. The Morgan fingerprint density at radius 2 is 1.48 bits per heavy atom. The quantitative estimate of drug-likeness (QED) is 0.409. The van der Waals surface area contributed by atoms with E-state index in [4.69, 9.17) is 0 Å². The molecule has 4 fully saturated rings. The maximum absolute atomic E-state index is 2.76. The third kappa shape index (κ3) is 3.77. The van der Waals surface area contributed by atoms with Crippen LogP contribution in [0, 0.1) is 69.5 Å². The van der Waals surface area contributed by atoms with Crippen molar-refractivity contribution in [1.29, 1.82) is 0 Å². The molecule has 0 aliphatic heterocycles. The first kappa shape index (κ1) is 24.1. The molecule has 0 nitrogen and oxygen atoms in total. The van der Waals surface area contributed by atoms with Gasteiger partial charge in [0.05, 0.1) is 0 Å². The summed E-state index contributed by atoms with van der Waals surface area (Å²) in [6.07, 6.45) is 15.0. The third-order valence-corrected chi connectivity index (χ3v) is 12.9. The lowest BCUT2D eigenvalue weighted by atomic mass is 9.38. The third-order valence-electron chi connectivity index (χ3n) is 12.9. The molecule has 31 heavy (non-hydrogen) atoms. The Balaban J connectivity index is 1.53. The molecule has 0 bridgehead atoms. The summed E-state index contributed by atoms with van der Waals surface area (Å²) in [5.74, 6) is 8.53. The van der Waals surface area contributed by atoms with Crippen LogP contribution in [0.15, 0.2) is 0 Å². The lowest BCUT2D eigenvalue weighted by Crippen LogP contribution is -2.60. The van der Waals surface area contributed by atoms with Gasteiger partial charge in [-0.1, -0.05) is 81.6 Å². The van der Waals surface area contributed by atoms with E-state index in [-0.39, 0.29) is 0 Å². The monoisotopic (exact) mass is 428 g/mol. The van der Waals surface area contributed by atoms with Crippen molar-refractivity contribution in [2.75, 3.05) is 0 Å². The molecule has 11 atom stereocenters. The highest BCUT2D eigenvalue weighted by Crippen LogP contribution is 2.72. The Kier molecular flexibility index (Phi) is 6.49. The smallest absolute Gasteiger partial charge is 0.0240 e. The highest BCUT2D eigenvalue weighted by atomic mass is 14.7. The van der Waals surface area contributed by atoms with Crippen LogP contribution < -0.4 is 0 Å². The number of hydrogen-bond acceptors (Lipinski definition) is 0. The molecule has 0 aromatic heterocycles. The van der Waals surface area contributed by atoms with E-state index in [1.807, 2.05) is 0 Å². The van der Waals surface area contributed by atoms with Gasteiger partial charge < -0.3 is 0 Å². The molecule has 180 valence electrons. The van der Waals surface area contributed by atoms with Crippen LogP contribution in [0.4, 0.5) is 0 Å². The summed E-state index contributed by atoms with van der Waals surface area (Å²) in [6, 6.07) is 0. The van der Waals surface area contributed by atoms with E-state index < -0.39 is 0 Å². The van der Waals surface area contributed by atoms with Gasteiger partial charge in [0.25, 0.3) is 0 Å². The zero-order valence-electron chi connectivity index (χ0n) is 22.8. The van der Waals surface area contributed by atoms with Crippen LogP contribution in [0.3, 0.4) is 0 Å². The lowest BCUT2D eigenvalue weighted by molar-refractivity contribution is -0.182. The molecule has 4 saturated carbocycles. The zero-order valence-corrected chi connectivity index (χ0v) is 22.8. The molecular weight excluding hydrogens is 372 g/mol. The predicted octanol–water partition coefficient (Wildman–Crippen LogP) is 9.63. The predicted molar refractivity (Wildman–Crippen MR) is 136 cm³/mol. The Labute approximate surface area is 196 Å². The van der Waals surface area contributed by atoms with Gasteiger partial charge in [0.2, 0.25) is 0 Å².